The quantitative estimate of drug-likeness (QED) is 0.178. The molecule has 3 rings (SSSR count). The van der Waals surface area contributed by atoms with Gasteiger partial charge in [-0.1, -0.05) is 0 Å². The Morgan fingerprint density at radius 3 is 2.13 bits per heavy atom. The van der Waals surface area contributed by atoms with Gasteiger partial charge in [0.05, 0.1) is 0 Å². The van der Waals surface area contributed by atoms with Gasteiger partial charge >= 0.3 is 231 Å². The van der Waals surface area contributed by atoms with Gasteiger partial charge in [0.1, 0.15) is 0 Å². The first kappa shape index (κ1) is 30.9. The fraction of sp³-hybridized carbons (Fsp3) is 0.519. The van der Waals surface area contributed by atoms with E-state index in [0.717, 1.165) is 23.2 Å². The van der Waals surface area contributed by atoms with Crippen LogP contribution in [0.25, 0.3) is 0 Å². The molecule has 2 aromatic carbocycles. The summed E-state index contributed by atoms with van der Waals surface area (Å²) in [7, 11) is 0.856. The van der Waals surface area contributed by atoms with E-state index in [-0.39, 0.29) is 11.6 Å². The van der Waals surface area contributed by atoms with Gasteiger partial charge < -0.3 is 0 Å². The predicted octanol–water partition coefficient (Wildman–Crippen LogP) is 1.81. The third kappa shape index (κ3) is 6.90. The van der Waals surface area contributed by atoms with Crippen LogP contribution in [-0.2, 0) is 23.3 Å². The molecule has 7 nitrogen and oxygen atoms in total. The summed E-state index contributed by atoms with van der Waals surface area (Å²) >= 11 is 0. The van der Waals surface area contributed by atoms with Gasteiger partial charge in [0.25, 0.3) is 0 Å². The fourth-order valence-corrected chi connectivity index (χ4v) is 9.61. The molecular weight excluding hydrogens is 517 g/mol. The van der Waals surface area contributed by atoms with Crippen LogP contribution in [0.1, 0.15) is 40.5 Å². The van der Waals surface area contributed by atoms with Crippen LogP contribution in [-0.4, -0.2) is 81.8 Å². The number of carbonyl (C=O) groups excluding carboxylic acids is 1. The molecule has 2 aromatic rings. The van der Waals surface area contributed by atoms with Crippen LogP contribution in [0.2, 0.25) is 5.04 Å². The Balaban J connectivity index is 2.05. The van der Waals surface area contributed by atoms with E-state index in [9.17, 15) is 15.0 Å². The van der Waals surface area contributed by atoms with E-state index in [1.807, 2.05) is 36.4 Å². The summed E-state index contributed by atoms with van der Waals surface area (Å²) < 4.78 is 24.7. The molecule has 1 fully saturated rings. The molecule has 38 heavy (non-hydrogen) atoms. The molecule has 6 atom stereocenters. The number of cyclic esters (lactones) is 1. The summed E-state index contributed by atoms with van der Waals surface area (Å²) in [5.74, 6) is -0.910. The third-order valence-electron chi connectivity index (χ3n) is 6.87. The normalized spacial score (nSPS) is 22.9. The van der Waals surface area contributed by atoms with Crippen LogP contribution < -0.4 is 10.4 Å². The number of esters is 1. The topological polar surface area (TPSA) is 94.5 Å². The van der Waals surface area contributed by atoms with Crippen molar-refractivity contribution >= 4 is 47.3 Å². The van der Waals surface area contributed by atoms with E-state index in [0.29, 0.717) is 6.61 Å². The number of ether oxygens (including phenoxy) is 2. The van der Waals surface area contributed by atoms with Crippen molar-refractivity contribution in [3.05, 3.63) is 60.7 Å². The van der Waals surface area contributed by atoms with E-state index >= 15 is 0 Å². The number of carbonyl (C=O) groups is 1. The SMILES string of the molecule is CCCCO[C@@H](CO[Si](c1ccccc1)(c1ccccc1)C(C)(C)C)C1OC(=O)[C@H](O)C(O)[C@@H]1OB=BP. The molecular formula is C27H39B2O7PSi. The van der Waals surface area contributed by atoms with Crippen LogP contribution in [0.4, 0.5) is 0 Å². The van der Waals surface area contributed by atoms with Crippen LogP contribution >= 0.6 is 9.12 Å². The van der Waals surface area contributed by atoms with Crippen molar-refractivity contribution < 1.29 is 33.6 Å². The van der Waals surface area contributed by atoms with E-state index in [1.54, 1.807) is 6.52 Å². The summed E-state index contributed by atoms with van der Waals surface area (Å²) in [6.07, 6.45) is -4.22. The number of benzene rings is 2. The van der Waals surface area contributed by atoms with E-state index < -0.39 is 44.8 Å². The monoisotopic (exact) mass is 556 g/mol. The van der Waals surface area contributed by atoms with Crippen molar-refractivity contribution in [2.75, 3.05) is 13.2 Å². The van der Waals surface area contributed by atoms with Gasteiger partial charge in [-0.25, -0.2) is 0 Å². The molecule has 1 aliphatic heterocycles. The zero-order valence-corrected chi connectivity index (χ0v) is 24.8. The molecule has 0 saturated carbocycles. The summed E-state index contributed by atoms with van der Waals surface area (Å²) in [5, 5.41) is 22.9. The zero-order chi connectivity index (χ0) is 27.8. The molecule has 0 aliphatic carbocycles. The molecule has 0 bridgehead atoms. The van der Waals surface area contributed by atoms with Gasteiger partial charge in [0.2, 0.25) is 0 Å². The molecule has 1 saturated heterocycles. The number of aliphatic hydroxyl groups excluding tert-OH is 2. The Morgan fingerprint density at radius 1 is 1.05 bits per heavy atom. The minimum absolute atomic E-state index is 0.0994. The first-order valence-electron chi connectivity index (χ1n) is 13.1. The van der Waals surface area contributed by atoms with Gasteiger partial charge in [0.15, 0.2) is 0 Å². The van der Waals surface area contributed by atoms with Crippen molar-refractivity contribution in [2.24, 2.45) is 0 Å². The average Bonchev–Trinajstić information content (AvgIpc) is 2.91. The molecule has 2 N–H and O–H groups in total. The standard InChI is InChI=1S/C27H39B2O7PSi/c1-5-6-17-33-21(24-25(36-28-29-37)22(30)23(31)26(32)35-24)18-34-38(27(2,3)4,19-13-9-7-10-14-19)20-15-11-8-12-16-20/h7-16,21-25,30-31H,5-6,17-18,37H2,1-4H3/t21-,22?,23+,24?,25-/m0/s1. The zero-order valence-electron chi connectivity index (χ0n) is 22.7. The summed E-state index contributed by atoms with van der Waals surface area (Å²) in [4.78, 5) is 12.5. The molecule has 0 radical (unpaired) electrons. The molecule has 1 aliphatic rings. The van der Waals surface area contributed by atoms with E-state index in [2.05, 4.69) is 61.1 Å². The number of hydrogen-bond donors (Lipinski definition) is 2. The second-order valence-corrected chi connectivity index (χ2v) is 15.2. The van der Waals surface area contributed by atoms with E-state index in [1.165, 1.54) is 7.00 Å². The molecule has 1 heterocycles. The minimum atomic E-state index is -2.91. The predicted molar refractivity (Wildman–Crippen MR) is 156 cm³/mol. The van der Waals surface area contributed by atoms with Crippen LogP contribution in [0.3, 0.4) is 0 Å². The van der Waals surface area contributed by atoms with Crippen molar-refractivity contribution in [3.8, 4) is 0 Å². The second kappa shape index (κ2) is 14.1. The second-order valence-electron chi connectivity index (χ2n) is 10.5. The van der Waals surface area contributed by atoms with Crippen molar-refractivity contribution in [1.82, 2.24) is 0 Å². The maximum absolute atomic E-state index is 12.5. The van der Waals surface area contributed by atoms with Crippen molar-refractivity contribution in [1.29, 1.82) is 0 Å². The number of hydrogen-bond acceptors (Lipinski definition) is 7. The first-order valence-corrected chi connectivity index (χ1v) is 15.7. The molecule has 3 unspecified atom stereocenters. The summed E-state index contributed by atoms with van der Waals surface area (Å²) in [5.41, 5.74) is 0. The number of rotatable bonds is 12. The summed E-state index contributed by atoms with van der Waals surface area (Å²) in [6, 6.07) is 20.5. The van der Waals surface area contributed by atoms with Gasteiger partial charge in [-0.05, 0) is 0 Å². The van der Waals surface area contributed by atoms with Gasteiger partial charge in [-0.3, -0.25) is 0 Å². The summed E-state index contributed by atoms with van der Waals surface area (Å²) in [6.45, 7) is 10.7. The molecule has 0 aromatic heterocycles. The molecule has 0 amide bonds. The fourth-order valence-electron chi connectivity index (χ4n) is 4.95. The number of aliphatic hydroxyl groups is 2. The first-order chi connectivity index (χ1) is 18.2. The van der Waals surface area contributed by atoms with E-state index in [4.69, 9.17) is 18.6 Å². The van der Waals surface area contributed by atoms with Crippen LogP contribution in [0.15, 0.2) is 60.7 Å². The Labute approximate surface area is 230 Å². The van der Waals surface area contributed by atoms with Gasteiger partial charge in [0, 0.05) is 0 Å². The van der Waals surface area contributed by atoms with Gasteiger partial charge in [-0.2, -0.15) is 0 Å². The van der Waals surface area contributed by atoms with Crippen molar-refractivity contribution in [2.45, 2.75) is 76.1 Å². The van der Waals surface area contributed by atoms with Crippen LogP contribution in [0.5, 0.6) is 0 Å². The molecule has 0 spiro atoms. The Bertz CT molecular complexity index is 999. The Hall–Kier alpha value is -1.67. The van der Waals surface area contributed by atoms with Gasteiger partial charge in [-0.15, -0.1) is 0 Å². The average molecular weight is 556 g/mol. The van der Waals surface area contributed by atoms with Crippen LogP contribution in [0, 0.1) is 0 Å². The third-order valence-corrected chi connectivity index (χ3v) is 12.0. The molecule has 204 valence electrons. The van der Waals surface area contributed by atoms with Crippen molar-refractivity contribution in [3.63, 3.8) is 0 Å². The Kier molecular flexibility index (Phi) is 11.5. The Morgan fingerprint density at radius 2 is 1.63 bits per heavy atom. The number of unbranched alkanes of at least 4 members (excludes halogenated alkanes) is 1. The maximum atomic E-state index is 12.5. The molecule has 11 heteroatoms.